The maximum absolute atomic E-state index is 13.0. The molecule has 0 N–H and O–H groups in total. The van der Waals surface area contributed by atoms with Gasteiger partial charge < -0.3 is 9.74 Å². The summed E-state index contributed by atoms with van der Waals surface area (Å²) in [7, 11) is 0. The van der Waals surface area contributed by atoms with Crippen LogP contribution in [0, 0.1) is 18.4 Å². The summed E-state index contributed by atoms with van der Waals surface area (Å²) in [5, 5.41) is 0. The summed E-state index contributed by atoms with van der Waals surface area (Å²) < 4.78 is 3.17. The minimum Gasteiger partial charge on any atom is -0.396 e. The van der Waals surface area contributed by atoms with Crippen LogP contribution in [0.25, 0.3) is 16.0 Å². The second kappa shape index (κ2) is 7.23. The first-order chi connectivity index (χ1) is 12.2. The predicted octanol–water partition coefficient (Wildman–Crippen LogP) is 2.34. The second-order valence-corrected chi connectivity index (χ2v) is 5.87. The Morgan fingerprint density at radius 1 is 1.28 bits per heavy atom. The summed E-state index contributed by atoms with van der Waals surface area (Å²) in [6.07, 6.45) is 4.99. The molecule has 1 aliphatic heterocycles. The van der Waals surface area contributed by atoms with E-state index in [2.05, 4.69) is 38.1 Å². The molecule has 2 aromatic rings. The Morgan fingerprint density at radius 3 is 2.68 bits per heavy atom. The van der Waals surface area contributed by atoms with E-state index in [1.54, 1.807) is 13.0 Å². The summed E-state index contributed by atoms with van der Waals surface area (Å²) in [5.74, 6) is 6.64. The first-order valence-corrected chi connectivity index (χ1v) is 8.35. The van der Waals surface area contributed by atoms with Crippen LogP contribution in [0.5, 0.6) is 0 Å². The maximum atomic E-state index is 13.0. The third-order valence-electron chi connectivity index (χ3n) is 4.29. The second-order valence-electron chi connectivity index (χ2n) is 5.87. The number of aromatic nitrogens is 4. The van der Waals surface area contributed by atoms with Crippen molar-refractivity contribution in [3.05, 3.63) is 34.4 Å². The third-order valence-corrected chi connectivity index (χ3v) is 4.29. The van der Waals surface area contributed by atoms with E-state index in [1.807, 2.05) is 4.57 Å². The molecular weight excluding hydrogens is 316 g/mol. The molecule has 3 rings (SSSR count). The Kier molecular flexibility index (Phi) is 4.85. The van der Waals surface area contributed by atoms with Gasteiger partial charge >= 0.3 is 11.5 Å². The molecule has 0 unspecified atom stereocenters. The lowest BCUT2D eigenvalue weighted by atomic mass is 10.1. The maximum Gasteiger partial charge on any atom is 0.343 e. The van der Waals surface area contributed by atoms with Crippen molar-refractivity contribution in [2.45, 2.75) is 39.3 Å². The molecule has 128 valence electrons. The van der Waals surface area contributed by atoms with Crippen molar-refractivity contribution in [3.63, 3.8) is 0 Å². The van der Waals surface area contributed by atoms with Crippen LogP contribution in [0.3, 0.4) is 0 Å². The lowest BCUT2D eigenvalue weighted by Crippen LogP contribution is -2.32. The van der Waals surface area contributed by atoms with Crippen LogP contribution in [0.2, 0.25) is 0 Å². The number of anilines is 1. The Labute approximate surface area is 146 Å². The van der Waals surface area contributed by atoms with Gasteiger partial charge in [0, 0.05) is 13.1 Å². The fourth-order valence-corrected chi connectivity index (χ4v) is 3.11. The topological polar surface area (TPSA) is 60.3 Å². The van der Waals surface area contributed by atoms with E-state index >= 15 is 0 Å². The summed E-state index contributed by atoms with van der Waals surface area (Å²) in [6, 6.07) is 0. The fourth-order valence-electron chi connectivity index (χ4n) is 3.11. The number of imidazole rings is 1. The van der Waals surface area contributed by atoms with Crippen LogP contribution >= 0.6 is 0 Å². The normalized spacial score (nSPS) is 14.0. The van der Waals surface area contributed by atoms with Gasteiger partial charge in [-0.15, -0.1) is 17.5 Å². The Bertz CT molecular complexity index is 960. The molecule has 3 heterocycles. The number of nitrogens with zero attached hydrogens (tertiary/aromatic N) is 6. The molecule has 25 heavy (non-hydrogen) atoms. The molecule has 0 aromatic carbocycles. The predicted molar refractivity (Wildman–Crippen MR) is 97.8 cm³/mol. The molecule has 1 saturated heterocycles. The van der Waals surface area contributed by atoms with Gasteiger partial charge in [0.2, 0.25) is 11.6 Å². The molecule has 0 amide bonds. The van der Waals surface area contributed by atoms with E-state index in [4.69, 9.17) is 6.57 Å². The van der Waals surface area contributed by atoms with Crippen LogP contribution in [0.1, 0.15) is 26.2 Å². The van der Waals surface area contributed by atoms with Gasteiger partial charge in [0.1, 0.15) is 0 Å². The zero-order valence-corrected chi connectivity index (χ0v) is 14.3. The van der Waals surface area contributed by atoms with Crippen molar-refractivity contribution in [1.82, 2.24) is 19.1 Å². The Balaban J connectivity index is 2.27. The van der Waals surface area contributed by atoms with Crippen molar-refractivity contribution in [3.8, 4) is 11.8 Å². The van der Waals surface area contributed by atoms with Gasteiger partial charge in [-0.05, 0) is 26.2 Å². The van der Waals surface area contributed by atoms with Crippen molar-refractivity contribution in [1.29, 1.82) is 0 Å². The van der Waals surface area contributed by atoms with Crippen molar-refractivity contribution in [2.24, 2.45) is 0 Å². The Morgan fingerprint density at radius 2 is 2.04 bits per heavy atom. The average molecular weight is 336 g/mol. The van der Waals surface area contributed by atoms with E-state index in [1.165, 1.54) is 11.0 Å². The highest BCUT2D eigenvalue weighted by atomic mass is 16.1. The van der Waals surface area contributed by atoms with E-state index in [0.29, 0.717) is 23.7 Å². The van der Waals surface area contributed by atoms with Crippen LogP contribution < -0.4 is 10.5 Å². The highest BCUT2D eigenvalue weighted by Gasteiger charge is 2.25. The van der Waals surface area contributed by atoms with Gasteiger partial charge in [0.15, 0.2) is 5.52 Å². The van der Waals surface area contributed by atoms with Gasteiger partial charge in [-0.2, -0.15) is 4.98 Å². The number of allylic oxidation sites excluding steroid dienone is 1. The molecule has 1 fully saturated rings. The van der Waals surface area contributed by atoms with E-state index in [0.717, 1.165) is 25.9 Å². The molecule has 0 saturated carbocycles. The SMILES string of the molecule is [C-]#[N+]c1nc2nc(N3CCCCC3)n(CC#CC)c2c(=O)n1CC=C. The van der Waals surface area contributed by atoms with E-state index < -0.39 is 0 Å². The van der Waals surface area contributed by atoms with Crippen molar-refractivity contribution < 1.29 is 0 Å². The van der Waals surface area contributed by atoms with Gasteiger partial charge in [-0.1, -0.05) is 18.6 Å². The molecule has 0 aliphatic carbocycles. The van der Waals surface area contributed by atoms with Crippen LogP contribution in [-0.4, -0.2) is 32.2 Å². The van der Waals surface area contributed by atoms with Gasteiger partial charge in [-0.3, -0.25) is 9.13 Å². The minimum absolute atomic E-state index is 0.0359. The zero-order valence-electron chi connectivity index (χ0n) is 14.3. The van der Waals surface area contributed by atoms with E-state index in [-0.39, 0.29) is 18.1 Å². The monoisotopic (exact) mass is 336 g/mol. The molecular formula is C18H20N6O. The summed E-state index contributed by atoms with van der Waals surface area (Å²) in [4.78, 5) is 27.4. The highest BCUT2D eigenvalue weighted by molar-refractivity contribution is 5.76. The van der Waals surface area contributed by atoms with Gasteiger partial charge in [-0.25, -0.2) is 4.79 Å². The van der Waals surface area contributed by atoms with Gasteiger partial charge in [0.05, 0.1) is 13.1 Å². The number of fused-ring (bicyclic) bond motifs is 1. The first-order valence-electron chi connectivity index (χ1n) is 8.35. The highest BCUT2D eigenvalue weighted by Crippen LogP contribution is 2.24. The number of hydrogen-bond acceptors (Lipinski definition) is 4. The summed E-state index contributed by atoms with van der Waals surface area (Å²) in [5.41, 5.74) is 0.442. The largest absolute Gasteiger partial charge is 0.396 e. The van der Waals surface area contributed by atoms with Crippen LogP contribution in [0.15, 0.2) is 17.4 Å². The van der Waals surface area contributed by atoms with Crippen LogP contribution in [0.4, 0.5) is 11.9 Å². The van der Waals surface area contributed by atoms with Crippen molar-refractivity contribution >= 4 is 23.1 Å². The first kappa shape index (κ1) is 16.8. The molecule has 7 nitrogen and oxygen atoms in total. The molecule has 1 aliphatic rings. The standard InChI is InChI=1S/C18H20N6O/c1-4-6-13-23-14-15(21-18(23)22-11-8-7-9-12-22)20-17(19-3)24(10-5-2)16(14)25/h5H,2,7-13H2,1H3. The van der Waals surface area contributed by atoms with Crippen molar-refractivity contribution in [2.75, 3.05) is 18.0 Å². The smallest absolute Gasteiger partial charge is 0.343 e. The van der Waals surface area contributed by atoms with Crippen LogP contribution in [-0.2, 0) is 13.1 Å². The molecule has 0 bridgehead atoms. The summed E-state index contributed by atoms with van der Waals surface area (Å²) >= 11 is 0. The Hall–Kier alpha value is -3.06. The number of rotatable bonds is 4. The average Bonchev–Trinajstić information content (AvgIpc) is 3.01. The summed E-state index contributed by atoms with van der Waals surface area (Å²) in [6.45, 7) is 15.2. The fraction of sp³-hybridized carbons (Fsp3) is 0.444. The minimum atomic E-state index is -0.274. The molecule has 0 atom stereocenters. The van der Waals surface area contributed by atoms with Gasteiger partial charge in [0.25, 0.3) is 0 Å². The molecule has 0 spiro atoms. The molecule has 0 radical (unpaired) electrons. The third kappa shape index (κ3) is 3.01. The zero-order chi connectivity index (χ0) is 17.8. The lowest BCUT2D eigenvalue weighted by Gasteiger charge is -2.27. The number of hydrogen-bond donors (Lipinski definition) is 0. The van der Waals surface area contributed by atoms with E-state index in [9.17, 15) is 4.79 Å². The quantitative estimate of drug-likeness (QED) is 0.488. The molecule has 2 aromatic heterocycles. The number of piperidine rings is 1. The lowest BCUT2D eigenvalue weighted by molar-refractivity contribution is 0.561. The molecule has 7 heteroatoms.